The summed E-state index contributed by atoms with van der Waals surface area (Å²) in [6.07, 6.45) is 2.01. The molecule has 0 heterocycles. The molecule has 1 saturated carbocycles. The fourth-order valence-corrected chi connectivity index (χ4v) is 1.72. The van der Waals surface area contributed by atoms with Crippen molar-refractivity contribution in [2.24, 2.45) is 5.92 Å². The molecule has 0 bridgehead atoms. The van der Waals surface area contributed by atoms with Gasteiger partial charge in [0.1, 0.15) is 0 Å². The number of amides is 1. The molecule has 0 aliphatic heterocycles. The molecule has 1 aromatic rings. The maximum Gasteiger partial charge on any atom is 0.227 e. The second-order valence-corrected chi connectivity index (χ2v) is 4.57. The quantitative estimate of drug-likeness (QED) is 0.879. The van der Waals surface area contributed by atoms with Crippen molar-refractivity contribution in [3.8, 4) is 0 Å². The average Bonchev–Trinajstić information content (AvgIpc) is 2.95. The van der Waals surface area contributed by atoms with Crippen LogP contribution >= 0.6 is 27.5 Å². The highest BCUT2D eigenvalue weighted by molar-refractivity contribution is 9.10. The molecule has 0 radical (unpaired) electrons. The highest BCUT2D eigenvalue weighted by Gasteiger charge is 2.29. The summed E-state index contributed by atoms with van der Waals surface area (Å²) in [5.41, 5.74) is 0.745. The summed E-state index contributed by atoms with van der Waals surface area (Å²) in [5.74, 6) is 0.300. The van der Waals surface area contributed by atoms with Crippen LogP contribution in [0.25, 0.3) is 0 Å². The number of nitrogens with one attached hydrogen (secondary N) is 1. The van der Waals surface area contributed by atoms with E-state index in [0.29, 0.717) is 5.02 Å². The molecule has 0 saturated heterocycles. The van der Waals surface area contributed by atoms with Gasteiger partial charge in [-0.15, -0.1) is 0 Å². The van der Waals surface area contributed by atoms with Gasteiger partial charge in [-0.2, -0.15) is 0 Å². The van der Waals surface area contributed by atoms with E-state index in [4.69, 9.17) is 11.6 Å². The largest absolute Gasteiger partial charge is 0.325 e. The van der Waals surface area contributed by atoms with Crippen molar-refractivity contribution in [3.63, 3.8) is 0 Å². The number of halogens is 2. The Morgan fingerprint density at radius 1 is 1.50 bits per heavy atom. The number of anilines is 1. The van der Waals surface area contributed by atoms with Crippen molar-refractivity contribution in [3.05, 3.63) is 27.7 Å². The van der Waals surface area contributed by atoms with Gasteiger partial charge >= 0.3 is 0 Å². The lowest BCUT2D eigenvalue weighted by atomic mass is 10.3. The number of carbonyl (C=O) groups excluding carboxylic acids is 1. The van der Waals surface area contributed by atoms with Gasteiger partial charge in [0.05, 0.1) is 15.2 Å². The molecule has 2 rings (SSSR count). The molecule has 1 N–H and O–H groups in total. The molecule has 1 fully saturated rings. The Hall–Kier alpha value is -0.540. The predicted molar refractivity (Wildman–Crippen MR) is 60.5 cm³/mol. The lowest BCUT2D eigenvalue weighted by Crippen LogP contribution is -2.13. The molecule has 14 heavy (non-hydrogen) atoms. The van der Waals surface area contributed by atoms with Gasteiger partial charge in [0.2, 0.25) is 5.91 Å². The summed E-state index contributed by atoms with van der Waals surface area (Å²) >= 11 is 9.23. The summed E-state index contributed by atoms with van der Waals surface area (Å²) in [7, 11) is 0. The zero-order chi connectivity index (χ0) is 10.1. The van der Waals surface area contributed by atoms with Crippen molar-refractivity contribution >= 4 is 39.1 Å². The zero-order valence-corrected chi connectivity index (χ0v) is 9.73. The van der Waals surface area contributed by atoms with Crippen LogP contribution in [0.5, 0.6) is 0 Å². The number of hydrogen-bond acceptors (Lipinski definition) is 1. The number of rotatable bonds is 2. The molecule has 1 aliphatic carbocycles. The second kappa shape index (κ2) is 3.91. The van der Waals surface area contributed by atoms with Gasteiger partial charge in [-0.1, -0.05) is 17.7 Å². The molecular weight excluding hydrogens is 265 g/mol. The lowest BCUT2D eigenvalue weighted by molar-refractivity contribution is -0.117. The van der Waals surface area contributed by atoms with Crippen molar-refractivity contribution in [1.29, 1.82) is 0 Å². The fraction of sp³-hybridized carbons (Fsp3) is 0.300. The van der Waals surface area contributed by atoms with Crippen LogP contribution in [0.2, 0.25) is 5.02 Å². The Balaban J connectivity index is 2.15. The summed E-state index contributed by atoms with van der Waals surface area (Å²) in [6.45, 7) is 0. The number of carbonyl (C=O) groups is 1. The third-order valence-corrected chi connectivity index (χ3v) is 3.56. The molecule has 0 aromatic heterocycles. The molecule has 74 valence electrons. The first kappa shape index (κ1) is 9.99. The normalized spacial score (nSPS) is 15.3. The van der Waals surface area contributed by atoms with Crippen LogP contribution in [0.4, 0.5) is 5.69 Å². The van der Waals surface area contributed by atoms with Crippen LogP contribution in [-0.2, 0) is 4.79 Å². The third kappa shape index (κ3) is 2.10. The van der Waals surface area contributed by atoms with Crippen LogP contribution < -0.4 is 5.32 Å². The SMILES string of the molecule is O=C(Nc1cccc(Cl)c1Br)C1CC1. The Morgan fingerprint density at radius 2 is 2.21 bits per heavy atom. The summed E-state index contributed by atoms with van der Waals surface area (Å²) < 4.78 is 0.746. The monoisotopic (exact) mass is 273 g/mol. The highest BCUT2D eigenvalue weighted by Crippen LogP contribution is 2.33. The van der Waals surface area contributed by atoms with Gasteiger partial charge in [0.25, 0.3) is 0 Å². The van der Waals surface area contributed by atoms with Gasteiger partial charge in [-0.3, -0.25) is 4.79 Å². The number of benzene rings is 1. The first-order chi connectivity index (χ1) is 6.68. The fourth-order valence-electron chi connectivity index (χ4n) is 1.18. The third-order valence-electron chi connectivity index (χ3n) is 2.16. The first-order valence-electron chi connectivity index (χ1n) is 4.43. The maximum absolute atomic E-state index is 11.5. The van der Waals surface area contributed by atoms with E-state index in [-0.39, 0.29) is 11.8 Å². The minimum Gasteiger partial charge on any atom is -0.325 e. The van der Waals surface area contributed by atoms with Gasteiger partial charge in [0, 0.05) is 5.92 Å². The van der Waals surface area contributed by atoms with Crippen molar-refractivity contribution in [2.45, 2.75) is 12.8 Å². The van der Waals surface area contributed by atoms with E-state index in [0.717, 1.165) is 23.0 Å². The van der Waals surface area contributed by atoms with Crippen LogP contribution in [0, 0.1) is 5.92 Å². The minimum atomic E-state index is 0.0907. The van der Waals surface area contributed by atoms with E-state index in [1.165, 1.54) is 0 Å². The standard InChI is InChI=1S/C10H9BrClNO/c11-9-7(12)2-1-3-8(9)13-10(14)6-4-5-6/h1-3,6H,4-5H2,(H,13,14). The topological polar surface area (TPSA) is 29.1 Å². The Labute approximate surface area is 95.8 Å². The smallest absolute Gasteiger partial charge is 0.227 e. The average molecular weight is 275 g/mol. The van der Waals surface area contributed by atoms with E-state index in [1.807, 2.05) is 12.1 Å². The summed E-state index contributed by atoms with van der Waals surface area (Å²) in [6, 6.07) is 5.42. The molecule has 1 amide bonds. The molecule has 2 nitrogen and oxygen atoms in total. The Kier molecular flexibility index (Phi) is 2.79. The van der Waals surface area contributed by atoms with Crippen LogP contribution in [0.1, 0.15) is 12.8 Å². The van der Waals surface area contributed by atoms with Crippen molar-refractivity contribution < 1.29 is 4.79 Å². The number of hydrogen-bond donors (Lipinski definition) is 1. The summed E-state index contributed by atoms with van der Waals surface area (Å²) in [4.78, 5) is 11.5. The first-order valence-corrected chi connectivity index (χ1v) is 5.60. The molecule has 1 aromatic carbocycles. The molecule has 0 atom stereocenters. The maximum atomic E-state index is 11.5. The van der Waals surface area contributed by atoms with Gasteiger partial charge in [0.15, 0.2) is 0 Å². The van der Waals surface area contributed by atoms with E-state index in [1.54, 1.807) is 6.07 Å². The van der Waals surface area contributed by atoms with Crippen LogP contribution in [-0.4, -0.2) is 5.91 Å². The lowest BCUT2D eigenvalue weighted by Gasteiger charge is -2.07. The second-order valence-electron chi connectivity index (χ2n) is 3.36. The molecule has 4 heteroatoms. The molecule has 1 aliphatic rings. The molecule has 0 unspecified atom stereocenters. The Morgan fingerprint density at radius 3 is 2.86 bits per heavy atom. The van der Waals surface area contributed by atoms with Crippen molar-refractivity contribution in [1.82, 2.24) is 0 Å². The summed E-state index contributed by atoms with van der Waals surface area (Å²) in [5, 5.41) is 3.45. The van der Waals surface area contributed by atoms with Crippen LogP contribution in [0.15, 0.2) is 22.7 Å². The van der Waals surface area contributed by atoms with Gasteiger partial charge in [-0.25, -0.2) is 0 Å². The highest BCUT2D eigenvalue weighted by atomic mass is 79.9. The minimum absolute atomic E-state index is 0.0907. The zero-order valence-electron chi connectivity index (χ0n) is 7.39. The van der Waals surface area contributed by atoms with E-state index in [9.17, 15) is 4.79 Å². The predicted octanol–water partition coefficient (Wildman–Crippen LogP) is 3.45. The van der Waals surface area contributed by atoms with Crippen LogP contribution in [0.3, 0.4) is 0 Å². The van der Waals surface area contributed by atoms with E-state index in [2.05, 4.69) is 21.2 Å². The molecule has 0 spiro atoms. The van der Waals surface area contributed by atoms with Crippen molar-refractivity contribution in [2.75, 3.05) is 5.32 Å². The Bertz CT molecular complexity index is 376. The molecular formula is C10H9BrClNO. The van der Waals surface area contributed by atoms with E-state index < -0.39 is 0 Å². The van der Waals surface area contributed by atoms with E-state index >= 15 is 0 Å². The van der Waals surface area contributed by atoms with Gasteiger partial charge in [-0.05, 0) is 40.9 Å². The van der Waals surface area contributed by atoms with Gasteiger partial charge < -0.3 is 5.32 Å².